The van der Waals surface area contributed by atoms with Crippen molar-refractivity contribution < 1.29 is 14.7 Å². The third-order valence-corrected chi connectivity index (χ3v) is 2.68. The summed E-state index contributed by atoms with van der Waals surface area (Å²) in [5, 5.41) is 11.0. The molecule has 0 radical (unpaired) electrons. The first-order valence-electron chi connectivity index (χ1n) is 6.42. The van der Waals surface area contributed by atoms with Gasteiger partial charge in [-0.2, -0.15) is 0 Å². The number of hydrogen-bond donors (Lipinski definition) is 2. The zero-order chi connectivity index (χ0) is 14.1. The zero-order valence-electron chi connectivity index (χ0n) is 11.1. The number of urea groups is 1. The van der Waals surface area contributed by atoms with E-state index in [4.69, 9.17) is 5.11 Å². The standard InChI is InChI=1S/C14H20N2O3/c1-2-3-9-16(14(19)15-10-13(17)18)11-12-7-5-4-6-8-12/h4-8H,2-3,9-11H2,1H3,(H,15,19)(H,17,18). The smallest absolute Gasteiger partial charge is 0.323 e. The molecule has 104 valence electrons. The van der Waals surface area contributed by atoms with Crippen molar-refractivity contribution in [3.05, 3.63) is 35.9 Å². The van der Waals surface area contributed by atoms with Gasteiger partial charge in [0.25, 0.3) is 0 Å². The summed E-state index contributed by atoms with van der Waals surface area (Å²) in [4.78, 5) is 24.0. The molecule has 0 aliphatic heterocycles. The third-order valence-electron chi connectivity index (χ3n) is 2.68. The van der Waals surface area contributed by atoms with Gasteiger partial charge in [0.1, 0.15) is 6.54 Å². The Morgan fingerprint density at radius 3 is 2.53 bits per heavy atom. The molecule has 2 amide bonds. The molecule has 19 heavy (non-hydrogen) atoms. The highest BCUT2D eigenvalue weighted by Crippen LogP contribution is 2.06. The predicted octanol–water partition coefficient (Wildman–Crippen LogP) is 2.08. The van der Waals surface area contributed by atoms with Crippen LogP contribution < -0.4 is 5.32 Å². The van der Waals surface area contributed by atoms with Crippen LogP contribution in [0.25, 0.3) is 0 Å². The number of nitrogens with one attached hydrogen (secondary N) is 1. The number of carboxylic acids is 1. The maximum atomic E-state index is 11.9. The van der Waals surface area contributed by atoms with Crippen LogP contribution in [0, 0.1) is 0 Å². The first-order valence-corrected chi connectivity index (χ1v) is 6.42. The van der Waals surface area contributed by atoms with E-state index in [-0.39, 0.29) is 12.6 Å². The SMILES string of the molecule is CCCCN(Cc1ccccc1)C(=O)NCC(=O)O. The summed E-state index contributed by atoms with van der Waals surface area (Å²) >= 11 is 0. The summed E-state index contributed by atoms with van der Waals surface area (Å²) in [7, 11) is 0. The monoisotopic (exact) mass is 264 g/mol. The Kier molecular flexibility index (Phi) is 6.43. The van der Waals surface area contributed by atoms with Gasteiger partial charge in [0.05, 0.1) is 0 Å². The van der Waals surface area contributed by atoms with Crippen molar-refractivity contribution in [2.24, 2.45) is 0 Å². The predicted molar refractivity (Wildman–Crippen MR) is 72.8 cm³/mol. The summed E-state index contributed by atoms with van der Waals surface area (Å²) < 4.78 is 0. The molecule has 2 N–H and O–H groups in total. The molecular weight excluding hydrogens is 244 g/mol. The molecule has 0 aliphatic rings. The second-order valence-electron chi connectivity index (χ2n) is 4.31. The maximum Gasteiger partial charge on any atom is 0.323 e. The van der Waals surface area contributed by atoms with Crippen LogP contribution in [0.5, 0.6) is 0 Å². The zero-order valence-corrected chi connectivity index (χ0v) is 11.1. The van der Waals surface area contributed by atoms with Gasteiger partial charge in [-0.15, -0.1) is 0 Å². The molecule has 0 unspecified atom stereocenters. The van der Waals surface area contributed by atoms with Gasteiger partial charge < -0.3 is 15.3 Å². The summed E-state index contributed by atoms with van der Waals surface area (Å²) in [5.41, 5.74) is 1.03. The van der Waals surface area contributed by atoms with Crippen LogP contribution in [0.1, 0.15) is 25.3 Å². The minimum absolute atomic E-state index is 0.334. The van der Waals surface area contributed by atoms with Crippen LogP contribution in [0.4, 0.5) is 4.79 Å². The van der Waals surface area contributed by atoms with Gasteiger partial charge >= 0.3 is 12.0 Å². The number of aliphatic carboxylic acids is 1. The molecular formula is C14H20N2O3. The van der Waals surface area contributed by atoms with E-state index in [9.17, 15) is 9.59 Å². The first kappa shape index (κ1) is 15.0. The Bertz CT molecular complexity index is 406. The summed E-state index contributed by atoms with van der Waals surface area (Å²) in [5.74, 6) is -1.04. The molecule has 1 rings (SSSR count). The molecule has 0 atom stereocenters. The van der Waals surface area contributed by atoms with Crippen molar-refractivity contribution in [1.29, 1.82) is 0 Å². The van der Waals surface area contributed by atoms with Crippen LogP contribution in [0.15, 0.2) is 30.3 Å². The first-order chi connectivity index (χ1) is 9.13. The van der Waals surface area contributed by atoms with Gasteiger partial charge in [0.15, 0.2) is 0 Å². The summed E-state index contributed by atoms with van der Waals surface area (Å²) in [6.45, 7) is 2.81. The lowest BCUT2D eigenvalue weighted by molar-refractivity contribution is -0.135. The molecule has 5 nitrogen and oxygen atoms in total. The Hall–Kier alpha value is -2.04. The van der Waals surface area contributed by atoms with E-state index in [1.165, 1.54) is 0 Å². The minimum atomic E-state index is -1.04. The average molecular weight is 264 g/mol. The lowest BCUT2D eigenvalue weighted by Crippen LogP contribution is -2.42. The van der Waals surface area contributed by atoms with E-state index < -0.39 is 5.97 Å². The molecule has 1 aromatic carbocycles. The number of benzene rings is 1. The molecule has 0 saturated carbocycles. The molecule has 0 aliphatic carbocycles. The highest BCUT2D eigenvalue weighted by atomic mass is 16.4. The van der Waals surface area contributed by atoms with Crippen molar-refractivity contribution >= 4 is 12.0 Å². The Morgan fingerprint density at radius 2 is 1.95 bits per heavy atom. The van der Waals surface area contributed by atoms with Crippen molar-refractivity contribution in [1.82, 2.24) is 10.2 Å². The van der Waals surface area contributed by atoms with Crippen LogP contribution in [0.3, 0.4) is 0 Å². The fraction of sp³-hybridized carbons (Fsp3) is 0.429. The Morgan fingerprint density at radius 1 is 1.26 bits per heavy atom. The minimum Gasteiger partial charge on any atom is -0.480 e. The highest BCUT2D eigenvalue weighted by Gasteiger charge is 2.13. The summed E-state index contributed by atoms with van der Waals surface area (Å²) in [6.07, 6.45) is 1.88. The maximum absolute atomic E-state index is 11.9. The van der Waals surface area contributed by atoms with Gasteiger partial charge in [-0.05, 0) is 12.0 Å². The van der Waals surface area contributed by atoms with E-state index >= 15 is 0 Å². The van der Waals surface area contributed by atoms with Gasteiger partial charge in [-0.25, -0.2) is 4.79 Å². The number of carboxylic acid groups (broad SMARTS) is 1. The number of carbonyl (C=O) groups excluding carboxylic acids is 1. The number of unbranched alkanes of at least 4 members (excludes halogenated alkanes) is 1. The molecule has 0 spiro atoms. The number of rotatable bonds is 7. The quantitative estimate of drug-likeness (QED) is 0.792. The third kappa shape index (κ3) is 5.90. The van der Waals surface area contributed by atoms with Crippen LogP contribution in [-0.4, -0.2) is 35.1 Å². The van der Waals surface area contributed by atoms with Gasteiger partial charge in [0, 0.05) is 13.1 Å². The van der Waals surface area contributed by atoms with Gasteiger partial charge in [0.2, 0.25) is 0 Å². The van der Waals surface area contributed by atoms with E-state index in [2.05, 4.69) is 12.2 Å². The van der Waals surface area contributed by atoms with Gasteiger partial charge in [-0.1, -0.05) is 43.7 Å². The van der Waals surface area contributed by atoms with Gasteiger partial charge in [-0.3, -0.25) is 4.79 Å². The topological polar surface area (TPSA) is 69.6 Å². The Labute approximate surface area is 113 Å². The van der Waals surface area contributed by atoms with Crippen LogP contribution in [-0.2, 0) is 11.3 Å². The number of nitrogens with zero attached hydrogens (tertiary/aromatic N) is 1. The lowest BCUT2D eigenvalue weighted by Gasteiger charge is -2.22. The largest absolute Gasteiger partial charge is 0.480 e. The highest BCUT2D eigenvalue weighted by molar-refractivity contribution is 5.79. The van der Waals surface area contributed by atoms with Crippen molar-refractivity contribution in [3.63, 3.8) is 0 Å². The van der Waals surface area contributed by atoms with Crippen molar-refractivity contribution in [2.75, 3.05) is 13.1 Å². The number of carbonyl (C=O) groups is 2. The molecule has 0 aromatic heterocycles. The molecule has 1 aromatic rings. The normalized spacial score (nSPS) is 9.95. The van der Waals surface area contributed by atoms with Crippen molar-refractivity contribution in [2.45, 2.75) is 26.3 Å². The second kappa shape index (κ2) is 8.13. The second-order valence-corrected chi connectivity index (χ2v) is 4.31. The van der Waals surface area contributed by atoms with E-state index in [1.54, 1.807) is 4.90 Å². The van der Waals surface area contributed by atoms with E-state index in [0.29, 0.717) is 13.1 Å². The Balaban J connectivity index is 2.60. The molecule has 0 heterocycles. The molecule has 0 fully saturated rings. The number of hydrogen-bond acceptors (Lipinski definition) is 2. The van der Waals surface area contributed by atoms with Crippen LogP contribution >= 0.6 is 0 Å². The molecule has 0 bridgehead atoms. The summed E-state index contributed by atoms with van der Waals surface area (Å²) in [6, 6.07) is 9.32. The lowest BCUT2D eigenvalue weighted by atomic mass is 10.2. The molecule has 5 heteroatoms. The van der Waals surface area contributed by atoms with Crippen molar-refractivity contribution in [3.8, 4) is 0 Å². The van der Waals surface area contributed by atoms with E-state index in [1.807, 2.05) is 30.3 Å². The van der Waals surface area contributed by atoms with E-state index in [0.717, 1.165) is 18.4 Å². The molecule has 0 saturated heterocycles. The fourth-order valence-electron chi connectivity index (χ4n) is 1.67. The number of amides is 2. The fourth-order valence-corrected chi connectivity index (χ4v) is 1.67. The van der Waals surface area contributed by atoms with Crippen LogP contribution in [0.2, 0.25) is 0 Å². The average Bonchev–Trinajstić information content (AvgIpc) is 2.41.